The summed E-state index contributed by atoms with van der Waals surface area (Å²) in [6.45, 7) is 2.09. The van der Waals surface area contributed by atoms with Crippen molar-refractivity contribution in [3.8, 4) is 17.0 Å². The zero-order chi connectivity index (χ0) is 25.2. The highest BCUT2D eigenvalue weighted by Crippen LogP contribution is 2.38. The molecular formula is C26H22F2N2O4S. The van der Waals surface area contributed by atoms with Gasteiger partial charge in [-0.1, -0.05) is 43.3 Å². The zero-order valence-corrected chi connectivity index (χ0v) is 19.9. The first-order valence-corrected chi connectivity index (χ1v) is 12.6. The fraction of sp³-hybridized carbons (Fsp3) is 0.154. The normalized spacial score (nSPS) is 11.4. The molecule has 0 N–H and O–H groups in total. The van der Waals surface area contributed by atoms with Crippen molar-refractivity contribution < 1.29 is 26.2 Å². The molecule has 0 unspecified atom stereocenters. The number of anilines is 1. The van der Waals surface area contributed by atoms with Crippen LogP contribution in [0.15, 0.2) is 72.8 Å². The molecule has 1 aromatic heterocycles. The summed E-state index contributed by atoms with van der Waals surface area (Å²) in [7, 11) is -4.12. The standard InChI is InChI=1S/C26H22F2N2O4S/c1-3-14-30(20-11-7-10-19(28)16-20)26(31)23-21-12-4-5-13-22(21)29-24(25(23)34-35(2,32)33)17-8-6-9-18(27)15-17/h4-13,15-16H,3,14H2,1-2H3. The van der Waals surface area contributed by atoms with E-state index in [4.69, 9.17) is 4.18 Å². The number of hydrogen-bond donors (Lipinski definition) is 0. The molecule has 1 heterocycles. The van der Waals surface area contributed by atoms with Crippen LogP contribution in [0.3, 0.4) is 0 Å². The molecule has 0 aliphatic rings. The molecule has 35 heavy (non-hydrogen) atoms. The van der Waals surface area contributed by atoms with Crippen LogP contribution < -0.4 is 9.08 Å². The second-order valence-corrected chi connectivity index (χ2v) is 9.49. The Labute approximate surface area is 201 Å². The lowest BCUT2D eigenvalue weighted by atomic mass is 10.0. The van der Waals surface area contributed by atoms with Gasteiger partial charge in [0.05, 0.1) is 17.3 Å². The summed E-state index contributed by atoms with van der Waals surface area (Å²) in [5, 5.41) is 0.341. The number of rotatable bonds is 7. The minimum atomic E-state index is -4.12. The maximum absolute atomic E-state index is 14.1. The lowest BCUT2D eigenvalue weighted by Crippen LogP contribution is -2.32. The maximum Gasteiger partial charge on any atom is 0.306 e. The van der Waals surface area contributed by atoms with Gasteiger partial charge < -0.3 is 9.08 Å². The summed E-state index contributed by atoms with van der Waals surface area (Å²) in [6.07, 6.45) is 1.40. The molecule has 4 aromatic rings. The zero-order valence-electron chi connectivity index (χ0n) is 19.0. The fourth-order valence-electron chi connectivity index (χ4n) is 3.82. The summed E-state index contributed by atoms with van der Waals surface area (Å²) in [4.78, 5) is 19.9. The van der Waals surface area contributed by atoms with E-state index in [1.807, 2.05) is 6.92 Å². The van der Waals surface area contributed by atoms with Crippen LogP contribution in [-0.4, -0.2) is 32.1 Å². The number of pyridine rings is 1. The van der Waals surface area contributed by atoms with Gasteiger partial charge >= 0.3 is 10.1 Å². The highest BCUT2D eigenvalue weighted by molar-refractivity contribution is 7.86. The minimum Gasteiger partial charge on any atom is -0.379 e. The molecule has 0 aliphatic carbocycles. The molecular weight excluding hydrogens is 474 g/mol. The van der Waals surface area contributed by atoms with Crippen LogP contribution in [0.25, 0.3) is 22.2 Å². The summed E-state index contributed by atoms with van der Waals surface area (Å²) < 4.78 is 58.0. The van der Waals surface area contributed by atoms with Crippen LogP contribution >= 0.6 is 0 Å². The van der Waals surface area contributed by atoms with Gasteiger partial charge in [-0.2, -0.15) is 8.42 Å². The Morgan fingerprint density at radius 1 is 0.971 bits per heavy atom. The van der Waals surface area contributed by atoms with Crippen LogP contribution in [0.1, 0.15) is 23.7 Å². The number of amides is 1. The molecule has 0 atom stereocenters. The maximum atomic E-state index is 14.1. The third-order valence-electron chi connectivity index (χ3n) is 5.21. The number of nitrogens with zero attached hydrogens (tertiary/aromatic N) is 2. The smallest absolute Gasteiger partial charge is 0.306 e. The van der Waals surface area contributed by atoms with Crippen LogP contribution in [-0.2, 0) is 10.1 Å². The van der Waals surface area contributed by atoms with Gasteiger partial charge in [0.25, 0.3) is 5.91 Å². The van der Waals surface area contributed by atoms with E-state index in [-0.39, 0.29) is 29.1 Å². The molecule has 6 nitrogen and oxygen atoms in total. The van der Waals surface area contributed by atoms with Crippen molar-refractivity contribution in [3.05, 3.63) is 90.0 Å². The van der Waals surface area contributed by atoms with Gasteiger partial charge in [-0.15, -0.1) is 0 Å². The average Bonchev–Trinajstić information content (AvgIpc) is 2.80. The topological polar surface area (TPSA) is 76.6 Å². The highest BCUT2D eigenvalue weighted by atomic mass is 32.2. The van der Waals surface area contributed by atoms with E-state index in [1.165, 1.54) is 41.3 Å². The van der Waals surface area contributed by atoms with Gasteiger partial charge in [0.15, 0.2) is 5.75 Å². The first kappa shape index (κ1) is 24.3. The number of halogens is 2. The van der Waals surface area contributed by atoms with Gasteiger partial charge in [0.1, 0.15) is 17.3 Å². The van der Waals surface area contributed by atoms with Gasteiger partial charge in [0.2, 0.25) is 0 Å². The number of fused-ring (bicyclic) bond motifs is 1. The summed E-state index contributed by atoms with van der Waals surface area (Å²) >= 11 is 0. The third kappa shape index (κ3) is 5.30. The molecule has 0 aliphatic heterocycles. The van der Waals surface area contributed by atoms with Crippen LogP contribution in [0.2, 0.25) is 0 Å². The lowest BCUT2D eigenvalue weighted by molar-refractivity contribution is 0.0987. The van der Waals surface area contributed by atoms with Crippen molar-refractivity contribution in [2.75, 3.05) is 17.7 Å². The molecule has 0 radical (unpaired) electrons. The molecule has 0 saturated heterocycles. The Kier molecular flexibility index (Phi) is 6.79. The number of carbonyl (C=O) groups excluding carboxylic acids is 1. The van der Waals surface area contributed by atoms with Gasteiger partial charge in [-0.3, -0.25) is 4.79 Å². The van der Waals surface area contributed by atoms with Gasteiger partial charge in [0, 0.05) is 23.2 Å². The quantitative estimate of drug-likeness (QED) is 0.313. The van der Waals surface area contributed by atoms with Crippen molar-refractivity contribution in [1.29, 1.82) is 0 Å². The summed E-state index contributed by atoms with van der Waals surface area (Å²) in [5.41, 5.74) is 0.837. The van der Waals surface area contributed by atoms with E-state index in [0.29, 0.717) is 23.0 Å². The molecule has 180 valence electrons. The summed E-state index contributed by atoms with van der Waals surface area (Å²) in [5.74, 6) is -2.02. The Bertz CT molecular complexity index is 1520. The SMILES string of the molecule is CCCN(C(=O)c1c(OS(C)(=O)=O)c(-c2cccc(F)c2)nc2ccccc12)c1cccc(F)c1. The molecule has 0 saturated carbocycles. The molecule has 4 rings (SSSR count). The first-order chi connectivity index (χ1) is 16.7. The molecule has 9 heteroatoms. The predicted molar refractivity (Wildman–Crippen MR) is 131 cm³/mol. The van der Waals surface area contributed by atoms with E-state index < -0.39 is 27.7 Å². The Balaban J connectivity index is 2.06. The van der Waals surface area contributed by atoms with Crippen LogP contribution in [0.4, 0.5) is 14.5 Å². The molecule has 1 amide bonds. The van der Waals surface area contributed by atoms with Crippen molar-refractivity contribution in [2.45, 2.75) is 13.3 Å². The number of carbonyl (C=O) groups is 1. The van der Waals surface area contributed by atoms with E-state index in [2.05, 4.69) is 4.98 Å². The second kappa shape index (κ2) is 9.79. The van der Waals surface area contributed by atoms with Crippen LogP contribution in [0.5, 0.6) is 5.75 Å². The van der Waals surface area contributed by atoms with Crippen molar-refractivity contribution in [2.24, 2.45) is 0 Å². The lowest BCUT2D eigenvalue weighted by Gasteiger charge is -2.25. The van der Waals surface area contributed by atoms with Crippen LogP contribution in [0, 0.1) is 11.6 Å². The van der Waals surface area contributed by atoms with Gasteiger partial charge in [-0.25, -0.2) is 13.8 Å². The fourth-order valence-corrected chi connectivity index (χ4v) is 4.29. The van der Waals surface area contributed by atoms with Crippen molar-refractivity contribution in [3.63, 3.8) is 0 Å². The number of para-hydroxylation sites is 1. The van der Waals surface area contributed by atoms with Crippen molar-refractivity contribution >= 4 is 32.6 Å². The Morgan fingerprint density at radius 3 is 2.31 bits per heavy atom. The van der Waals surface area contributed by atoms with E-state index in [1.54, 1.807) is 36.4 Å². The van der Waals surface area contributed by atoms with Crippen molar-refractivity contribution in [1.82, 2.24) is 4.98 Å². The molecule has 0 bridgehead atoms. The predicted octanol–water partition coefficient (Wildman–Crippen LogP) is 5.58. The van der Waals surface area contributed by atoms with E-state index in [9.17, 15) is 22.0 Å². The van der Waals surface area contributed by atoms with E-state index >= 15 is 0 Å². The number of aromatic nitrogens is 1. The second-order valence-electron chi connectivity index (χ2n) is 7.92. The van der Waals surface area contributed by atoms with E-state index in [0.717, 1.165) is 6.26 Å². The Hall–Kier alpha value is -3.85. The van der Waals surface area contributed by atoms with Gasteiger partial charge in [-0.05, 0) is 42.8 Å². The monoisotopic (exact) mass is 496 g/mol. The largest absolute Gasteiger partial charge is 0.379 e. The average molecular weight is 497 g/mol. The number of hydrogen-bond acceptors (Lipinski definition) is 5. The molecule has 0 fully saturated rings. The summed E-state index contributed by atoms with van der Waals surface area (Å²) in [6, 6.07) is 17.6. The number of benzene rings is 3. The molecule has 3 aromatic carbocycles. The first-order valence-electron chi connectivity index (χ1n) is 10.8. The molecule has 0 spiro atoms. The Morgan fingerprint density at radius 2 is 1.66 bits per heavy atom. The third-order valence-corrected chi connectivity index (χ3v) is 5.68. The highest BCUT2D eigenvalue weighted by Gasteiger charge is 2.29. The minimum absolute atomic E-state index is 0.00679.